The zero-order valence-corrected chi connectivity index (χ0v) is 14.2. The third kappa shape index (κ3) is 5.52. The molecule has 1 amide bonds. The zero-order chi connectivity index (χ0) is 16.8. The van der Waals surface area contributed by atoms with Crippen LogP contribution < -0.4 is 19.5 Å². The first-order valence-corrected chi connectivity index (χ1v) is 7.29. The summed E-state index contributed by atoms with van der Waals surface area (Å²) < 4.78 is 21.2. The van der Waals surface area contributed by atoms with Gasteiger partial charge in [-0.05, 0) is 20.8 Å². The predicted molar refractivity (Wildman–Crippen MR) is 85.6 cm³/mol. The van der Waals surface area contributed by atoms with E-state index in [1.165, 1.54) is 14.2 Å². The highest BCUT2D eigenvalue weighted by Crippen LogP contribution is 2.40. The molecule has 0 aliphatic carbocycles. The van der Waals surface area contributed by atoms with E-state index in [1.54, 1.807) is 32.9 Å². The molecule has 0 radical (unpaired) electrons. The predicted octanol–water partition coefficient (Wildman–Crippen LogP) is 3.67. The number of methoxy groups -OCH3 is 2. The maximum Gasteiger partial charge on any atom is 0.412 e. The number of hydrogen-bond acceptors (Lipinski definition) is 5. The number of rotatable bonds is 6. The van der Waals surface area contributed by atoms with Crippen LogP contribution in [-0.2, 0) is 4.74 Å². The maximum atomic E-state index is 11.8. The smallest absolute Gasteiger partial charge is 0.412 e. The molecule has 0 aliphatic heterocycles. The largest absolute Gasteiger partial charge is 0.493 e. The molecule has 1 N–H and O–H groups in total. The Bertz CT molecular complexity index is 513. The number of benzene rings is 1. The number of carbonyl (C=O) groups excluding carboxylic acids is 1. The first-order valence-electron chi connectivity index (χ1n) is 6.75. The molecule has 0 fully saturated rings. The number of amides is 1. The molecule has 0 atom stereocenters. The van der Waals surface area contributed by atoms with E-state index in [2.05, 4.69) is 5.32 Å². The van der Waals surface area contributed by atoms with Gasteiger partial charge >= 0.3 is 6.09 Å². The second-order valence-corrected chi connectivity index (χ2v) is 5.75. The summed E-state index contributed by atoms with van der Waals surface area (Å²) in [6, 6.07) is 3.24. The van der Waals surface area contributed by atoms with Crippen molar-refractivity contribution in [3.8, 4) is 17.2 Å². The summed E-state index contributed by atoms with van der Waals surface area (Å²) in [7, 11) is 3.01. The van der Waals surface area contributed by atoms with Crippen molar-refractivity contribution >= 4 is 23.4 Å². The third-order valence-electron chi connectivity index (χ3n) is 2.42. The van der Waals surface area contributed by atoms with Gasteiger partial charge in [-0.15, -0.1) is 11.6 Å². The number of ether oxygens (including phenoxy) is 4. The minimum Gasteiger partial charge on any atom is -0.493 e. The van der Waals surface area contributed by atoms with Crippen LogP contribution in [0.1, 0.15) is 20.8 Å². The molecule has 22 heavy (non-hydrogen) atoms. The summed E-state index contributed by atoms with van der Waals surface area (Å²) >= 11 is 5.63. The van der Waals surface area contributed by atoms with E-state index in [0.717, 1.165) is 0 Å². The van der Waals surface area contributed by atoms with Gasteiger partial charge in [-0.25, -0.2) is 4.79 Å². The Hall–Kier alpha value is -1.82. The van der Waals surface area contributed by atoms with Crippen LogP contribution in [0.3, 0.4) is 0 Å². The lowest BCUT2D eigenvalue weighted by atomic mass is 10.2. The highest BCUT2D eigenvalue weighted by molar-refractivity contribution is 6.18. The molecule has 1 aromatic carbocycles. The third-order valence-corrected chi connectivity index (χ3v) is 2.58. The highest BCUT2D eigenvalue weighted by Gasteiger charge is 2.19. The number of halogens is 1. The number of hydrogen-bond donors (Lipinski definition) is 1. The SMILES string of the molecule is COc1cc(NC(=O)OC(C)(C)C)cc(OCCCl)c1OC. The van der Waals surface area contributed by atoms with Crippen molar-refractivity contribution in [1.82, 2.24) is 0 Å². The number of carbonyl (C=O) groups is 1. The zero-order valence-electron chi connectivity index (χ0n) is 13.5. The van der Waals surface area contributed by atoms with Gasteiger partial charge in [-0.2, -0.15) is 0 Å². The average Bonchev–Trinajstić information content (AvgIpc) is 2.42. The van der Waals surface area contributed by atoms with Crippen LogP contribution in [0.15, 0.2) is 12.1 Å². The second kappa shape index (κ2) is 7.98. The minimum absolute atomic E-state index is 0.303. The van der Waals surface area contributed by atoms with E-state index >= 15 is 0 Å². The Morgan fingerprint density at radius 3 is 2.32 bits per heavy atom. The summed E-state index contributed by atoms with van der Waals surface area (Å²) in [6.07, 6.45) is -0.567. The molecule has 7 heteroatoms. The van der Waals surface area contributed by atoms with Crippen molar-refractivity contribution in [2.75, 3.05) is 32.0 Å². The van der Waals surface area contributed by atoms with Crippen molar-refractivity contribution in [2.24, 2.45) is 0 Å². The van der Waals surface area contributed by atoms with Crippen LogP contribution in [-0.4, -0.2) is 38.4 Å². The summed E-state index contributed by atoms with van der Waals surface area (Å²) in [5.41, 5.74) is -0.116. The normalized spacial score (nSPS) is 10.8. The Kier molecular flexibility index (Phi) is 6.61. The van der Waals surface area contributed by atoms with Crippen molar-refractivity contribution < 1.29 is 23.7 Å². The summed E-state index contributed by atoms with van der Waals surface area (Å²) in [5, 5.41) is 2.63. The van der Waals surface area contributed by atoms with Crippen LogP contribution in [0.5, 0.6) is 17.2 Å². The fourth-order valence-electron chi connectivity index (χ4n) is 1.68. The van der Waals surface area contributed by atoms with Gasteiger partial charge < -0.3 is 18.9 Å². The molecule has 1 aromatic rings. The molecular weight excluding hydrogens is 310 g/mol. The molecule has 0 saturated heterocycles. The van der Waals surface area contributed by atoms with Gasteiger partial charge in [0.05, 0.1) is 25.8 Å². The molecule has 0 bridgehead atoms. The van der Waals surface area contributed by atoms with E-state index in [0.29, 0.717) is 35.4 Å². The van der Waals surface area contributed by atoms with Crippen LogP contribution in [0.4, 0.5) is 10.5 Å². The quantitative estimate of drug-likeness (QED) is 0.806. The van der Waals surface area contributed by atoms with Crippen molar-refractivity contribution in [1.29, 1.82) is 0 Å². The van der Waals surface area contributed by atoms with Gasteiger partial charge in [0.25, 0.3) is 0 Å². The number of anilines is 1. The Balaban J connectivity index is 3.02. The van der Waals surface area contributed by atoms with Gasteiger partial charge in [-0.1, -0.05) is 0 Å². The molecular formula is C15H22ClNO5. The molecule has 6 nitrogen and oxygen atoms in total. The van der Waals surface area contributed by atoms with Crippen LogP contribution in [0, 0.1) is 0 Å². The van der Waals surface area contributed by atoms with Gasteiger partial charge in [0.15, 0.2) is 11.5 Å². The van der Waals surface area contributed by atoms with E-state index in [9.17, 15) is 4.79 Å². The lowest BCUT2D eigenvalue weighted by Gasteiger charge is -2.20. The topological polar surface area (TPSA) is 66.0 Å². The lowest BCUT2D eigenvalue weighted by molar-refractivity contribution is 0.0636. The highest BCUT2D eigenvalue weighted by atomic mass is 35.5. The van der Waals surface area contributed by atoms with E-state index in [4.69, 9.17) is 30.5 Å². The second-order valence-electron chi connectivity index (χ2n) is 5.37. The van der Waals surface area contributed by atoms with E-state index < -0.39 is 11.7 Å². The van der Waals surface area contributed by atoms with Crippen LogP contribution in [0.2, 0.25) is 0 Å². The van der Waals surface area contributed by atoms with Gasteiger partial charge in [0, 0.05) is 12.1 Å². The summed E-state index contributed by atoms with van der Waals surface area (Å²) in [6.45, 7) is 5.67. The molecule has 124 valence electrons. The molecule has 0 spiro atoms. The van der Waals surface area contributed by atoms with Crippen molar-refractivity contribution in [3.63, 3.8) is 0 Å². The molecule has 0 saturated carbocycles. The Morgan fingerprint density at radius 2 is 1.82 bits per heavy atom. The molecule has 0 unspecified atom stereocenters. The first kappa shape index (κ1) is 18.2. The summed E-state index contributed by atoms with van der Waals surface area (Å²) in [4.78, 5) is 11.8. The fraction of sp³-hybridized carbons (Fsp3) is 0.533. The molecule has 0 aliphatic rings. The van der Waals surface area contributed by atoms with Crippen LogP contribution >= 0.6 is 11.6 Å². The van der Waals surface area contributed by atoms with Crippen molar-refractivity contribution in [3.05, 3.63) is 12.1 Å². The number of nitrogens with one attached hydrogen (secondary N) is 1. The standard InChI is InChI=1S/C15H22ClNO5/c1-15(2,3)22-14(18)17-10-8-11(19-4)13(20-5)12(9-10)21-7-6-16/h8-9H,6-7H2,1-5H3,(H,17,18). The Labute approximate surface area is 135 Å². The maximum absolute atomic E-state index is 11.8. The first-order chi connectivity index (χ1) is 10.3. The van der Waals surface area contributed by atoms with Gasteiger partial charge in [-0.3, -0.25) is 5.32 Å². The fourth-order valence-corrected chi connectivity index (χ4v) is 1.76. The lowest BCUT2D eigenvalue weighted by Crippen LogP contribution is -2.27. The van der Waals surface area contributed by atoms with Crippen LogP contribution in [0.25, 0.3) is 0 Å². The van der Waals surface area contributed by atoms with E-state index in [1.807, 2.05) is 0 Å². The monoisotopic (exact) mass is 331 g/mol. The van der Waals surface area contributed by atoms with Gasteiger partial charge in [0.1, 0.15) is 12.2 Å². The summed E-state index contributed by atoms with van der Waals surface area (Å²) in [5.74, 6) is 1.62. The van der Waals surface area contributed by atoms with E-state index in [-0.39, 0.29) is 0 Å². The average molecular weight is 332 g/mol. The van der Waals surface area contributed by atoms with Gasteiger partial charge in [0.2, 0.25) is 5.75 Å². The number of alkyl halides is 1. The molecule has 1 rings (SSSR count). The minimum atomic E-state index is -0.585. The van der Waals surface area contributed by atoms with Crippen molar-refractivity contribution in [2.45, 2.75) is 26.4 Å². The Morgan fingerprint density at radius 1 is 1.18 bits per heavy atom. The molecule has 0 aromatic heterocycles. The molecule has 0 heterocycles.